The molecule has 3 amide bonds. The lowest BCUT2D eigenvalue weighted by molar-refractivity contribution is -0.135. The first-order chi connectivity index (χ1) is 14.1. The average Bonchev–Trinajstić information content (AvgIpc) is 3.18. The van der Waals surface area contributed by atoms with Crippen LogP contribution in [0, 0.1) is 13.8 Å². The molecule has 1 aliphatic carbocycles. The molecule has 4 rings (SSSR count). The van der Waals surface area contributed by atoms with Crippen LogP contribution in [0.4, 0.5) is 13.6 Å². The maximum Gasteiger partial charge on any atom is 0.325 e. The molecular formula is C21H21F2N3O3S. The molecule has 1 spiro atoms. The molecule has 30 heavy (non-hydrogen) atoms. The first kappa shape index (κ1) is 20.6. The number of hydrogen-bond donors (Lipinski definition) is 1. The van der Waals surface area contributed by atoms with Crippen LogP contribution < -0.4 is 5.32 Å². The molecule has 0 aromatic carbocycles. The summed E-state index contributed by atoms with van der Waals surface area (Å²) >= 11 is 1.29. The molecule has 1 saturated heterocycles. The third-order valence-electron chi connectivity index (χ3n) is 5.86. The summed E-state index contributed by atoms with van der Waals surface area (Å²) in [5.41, 5.74) is 1.54. The van der Waals surface area contributed by atoms with E-state index in [1.165, 1.54) is 11.3 Å². The predicted molar refractivity (Wildman–Crippen MR) is 108 cm³/mol. The number of alkyl halides is 2. The highest BCUT2D eigenvalue weighted by Crippen LogP contribution is 2.41. The number of hydrogen-bond acceptors (Lipinski definition) is 5. The fraction of sp³-hybridized carbons (Fsp3) is 0.429. The molecule has 0 unspecified atom stereocenters. The number of imide groups is 1. The minimum Gasteiger partial charge on any atom is -0.323 e. The minimum atomic E-state index is -2.82. The highest BCUT2D eigenvalue weighted by atomic mass is 32.1. The highest BCUT2D eigenvalue weighted by Gasteiger charge is 2.55. The van der Waals surface area contributed by atoms with Crippen molar-refractivity contribution in [1.29, 1.82) is 0 Å². The van der Waals surface area contributed by atoms with Gasteiger partial charge in [-0.3, -0.25) is 19.5 Å². The lowest BCUT2D eigenvalue weighted by Crippen LogP contribution is -2.51. The van der Waals surface area contributed by atoms with Crippen LogP contribution in [0.2, 0.25) is 0 Å². The van der Waals surface area contributed by atoms with Crippen LogP contribution in [0.5, 0.6) is 0 Å². The maximum absolute atomic E-state index is 13.5. The fourth-order valence-electron chi connectivity index (χ4n) is 4.01. The Balaban J connectivity index is 1.52. The van der Waals surface area contributed by atoms with E-state index in [4.69, 9.17) is 0 Å². The van der Waals surface area contributed by atoms with Crippen LogP contribution in [0.15, 0.2) is 24.5 Å². The molecule has 0 atom stereocenters. The van der Waals surface area contributed by atoms with E-state index in [9.17, 15) is 23.2 Å². The predicted octanol–water partition coefficient (Wildman–Crippen LogP) is 4.11. The van der Waals surface area contributed by atoms with Gasteiger partial charge in [0.25, 0.3) is 5.91 Å². The lowest BCUT2D eigenvalue weighted by Gasteiger charge is -2.34. The number of carbonyl (C=O) groups excluding carboxylic acids is 3. The van der Waals surface area contributed by atoms with Crippen molar-refractivity contribution in [1.82, 2.24) is 15.2 Å². The van der Waals surface area contributed by atoms with Crippen molar-refractivity contribution in [3.63, 3.8) is 0 Å². The molecule has 9 heteroatoms. The van der Waals surface area contributed by atoms with Crippen molar-refractivity contribution in [2.75, 3.05) is 6.54 Å². The summed E-state index contributed by atoms with van der Waals surface area (Å²) in [5, 5.41) is 2.56. The van der Waals surface area contributed by atoms with Crippen molar-refractivity contribution >= 4 is 29.1 Å². The molecule has 0 bridgehead atoms. The van der Waals surface area contributed by atoms with Crippen LogP contribution in [0.25, 0.3) is 10.4 Å². The van der Waals surface area contributed by atoms with Gasteiger partial charge >= 0.3 is 6.03 Å². The minimum absolute atomic E-state index is 0.127. The zero-order valence-electron chi connectivity index (χ0n) is 16.6. The fourth-order valence-corrected chi connectivity index (χ4v) is 5.19. The summed E-state index contributed by atoms with van der Waals surface area (Å²) < 4.78 is 27.0. The molecule has 2 aromatic rings. The van der Waals surface area contributed by atoms with Crippen molar-refractivity contribution in [2.45, 2.75) is 51.0 Å². The van der Waals surface area contributed by atoms with Crippen LogP contribution in [-0.2, 0) is 4.79 Å². The van der Waals surface area contributed by atoms with Gasteiger partial charge in [0.05, 0.1) is 11.4 Å². The molecule has 6 nitrogen and oxygen atoms in total. The number of thiophene rings is 1. The number of pyridine rings is 1. The molecule has 158 valence electrons. The maximum atomic E-state index is 13.5. The van der Waals surface area contributed by atoms with Crippen LogP contribution >= 0.6 is 11.3 Å². The summed E-state index contributed by atoms with van der Waals surface area (Å²) in [6.45, 7) is 3.44. The summed E-state index contributed by atoms with van der Waals surface area (Å²) in [5.74, 6) is -3.78. The van der Waals surface area contributed by atoms with E-state index in [-0.39, 0.29) is 18.6 Å². The first-order valence-corrected chi connectivity index (χ1v) is 10.5. The second-order valence-corrected chi connectivity index (χ2v) is 9.05. The second kappa shape index (κ2) is 7.23. The van der Waals surface area contributed by atoms with E-state index in [1.807, 2.05) is 19.9 Å². The third-order valence-corrected chi connectivity index (χ3v) is 7.17. The number of rotatable bonds is 4. The van der Waals surface area contributed by atoms with E-state index in [0.29, 0.717) is 4.88 Å². The van der Waals surface area contributed by atoms with Crippen molar-refractivity contribution < 1.29 is 23.2 Å². The molecule has 1 aliphatic heterocycles. The zero-order valence-corrected chi connectivity index (χ0v) is 17.4. The summed E-state index contributed by atoms with van der Waals surface area (Å²) in [7, 11) is 0. The number of nitrogens with zero attached hydrogens (tertiary/aromatic N) is 2. The van der Waals surface area contributed by atoms with Gasteiger partial charge < -0.3 is 5.32 Å². The molecular weight excluding hydrogens is 412 g/mol. The van der Waals surface area contributed by atoms with E-state index >= 15 is 0 Å². The normalized spacial score (nSPS) is 19.9. The number of carbonyl (C=O) groups is 3. The Morgan fingerprint density at radius 3 is 2.57 bits per heavy atom. The Bertz CT molecular complexity index is 1040. The van der Waals surface area contributed by atoms with E-state index < -0.39 is 42.8 Å². The van der Waals surface area contributed by atoms with Crippen molar-refractivity contribution in [3.8, 4) is 10.4 Å². The van der Waals surface area contributed by atoms with Gasteiger partial charge in [0.15, 0.2) is 5.78 Å². The Hall–Kier alpha value is -2.68. The van der Waals surface area contributed by atoms with Crippen LogP contribution in [0.1, 0.15) is 46.5 Å². The number of aromatic nitrogens is 1. The summed E-state index contributed by atoms with van der Waals surface area (Å²) in [6.07, 6.45) is 2.26. The molecule has 1 N–H and O–H groups in total. The monoisotopic (exact) mass is 433 g/mol. The van der Waals surface area contributed by atoms with Gasteiger partial charge in [-0.05, 0) is 49.9 Å². The van der Waals surface area contributed by atoms with E-state index in [0.717, 1.165) is 26.5 Å². The Labute approximate surface area is 176 Å². The molecule has 2 aromatic heterocycles. The summed E-state index contributed by atoms with van der Waals surface area (Å²) in [6, 6.07) is 2.93. The average molecular weight is 433 g/mol. The van der Waals surface area contributed by atoms with Gasteiger partial charge in [-0.25, -0.2) is 13.6 Å². The lowest BCUT2D eigenvalue weighted by atomic mass is 9.80. The molecule has 3 heterocycles. The molecule has 2 fully saturated rings. The number of Topliss-reactive ketones (excluding diaryl/α,β-unsaturated/α-hetero) is 1. The van der Waals surface area contributed by atoms with Gasteiger partial charge in [0.2, 0.25) is 5.92 Å². The van der Waals surface area contributed by atoms with Crippen molar-refractivity contribution in [3.05, 3.63) is 40.5 Å². The number of urea groups is 1. The Morgan fingerprint density at radius 1 is 1.20 bits per heavy atom. The zero-order chi connectivity index (χ0) is 21.7. The SMILES string of the molecule is Cc1ccncc1-c1sc(C(=O)CN2C(=O)NC3(CCC(F)(F)CC3)C2=O)cc1C. The highest BCUT2D eigenvalue weighted by molar-refractivity contribution is 7.17. The molecule has 1 saturated carbocycles. The number of ketones is 1. The number of nitrogens with one attached hydrogen (secondary N) is 1. The third kappa shape index (κ3) is 3.51. The van der Waals surface area contributed by atoms with E-state index in [2.05, 4.69) is 10.3 Å². The number of aryl methyl sites for hydroxylation is 2. The largest absolute Gasteiger partial charge is 0.325 e. The Kier molecular flexibility index (Phi) is 4.96. The second-order valence-electron chi connectivity index (χ2n) is 8.00. The topological polar surface area (TPSA) is 79.4 Å². The van der Waals surface area contributed by atoms with Crippen LogP contribution in [-0.4, -0.2) is 45.6 Å². The van der Waals surface area contributed by atoms with Gasteiger partial charge in [-0.1, -0.05) is 0 Å². The quantitative estimate of drug-likeness (QED) is 0.581. The molecule has 0 radical (unpaired) electrons. The van der Waals surface area contributed by atoms with Crippen LogP contribution in [0.3, 0.4) is 0 Å². The standard InChI is InChI=1S/C21H21F2N3O3S/c1-12-3-8-24-10-14(12)17-13(2)9-16(30-17)15(27)11-26-18(28)20(25-19(26)29)4-6-21(22,23)7-5-20/h3,8-10H,4-7,11H2,1-2H3,(H,25,29). The van der Waals surface area contributed by atoms with Gasteiger partial charge in [-0.15, -0.1) is 11.3 Å². The molecule has 2 aliphatic rings. The Morgan fingerprint density at radius 2 is 1.90 bits per heavy atom. The number of halogens is 2. The smallest absolute Gasteiger partial charge is 0.323 e. The van der Waals surface area contributed by atoms with Gasteiger partial charge in [0, 0.05) is 35.7 Å². The van der Waals surface area contributed by atoms with Crippen molar-refractivity contribution in [2.24, 2.45) is 0 Å². The number of amides is 3. The van der Waals surface area contributed by atoms with Gasteiger partial charge in [0.1, 0.15) is 5.54 Å². The van der Waals surface area contributed by atoms with E-state index in [1.54, 1.807) is 18.5 Å². The summed E-state index contributed by atoms with van der Waals surface area (Å²) in [4.78, 5) is 44.4. The van der Waals surface area contributed by atoms with Gasteiger partial charge in [-0.2, -0.15) is 0 Å². The first-order valence-electron chi connectivity index (χ1n) is 9.68.